The van der Waals surface area contributed by atoms with E-state index in [1.807, 2.05) is 32.0 Å². The molecule has 0 aromatic heterocycles. The van der Waals surface area contributed by atoms with Gasteiger partial charge in [0.25, 0.3) is 0 Å². The maximum Gasteiger partial charge on any atom is 0.238 e. The standard InChI is InChI=1S/C19H29NO3S/c1-13-9-10-14(2)17(11-13)12-24(22,23)16(4)19(21)20-18-8-6-5-7-15(18)3/h9-11,15-16,18H,5-8,12H2,1-4H3,(H,20,21). The summed E-state index contributed by atoms with van der Waals surface area (Å²) in [4.78, 5) is 12.5. The molecule has 1 fully saturated rings. The zero-order valence-corrected chi connectivity index (χ0v) is 15.9. The predicted octanol–water partition coefficient (Wildman–Crippen LogP) is 3.30. The van der Waals surface area contributed by atoms with Crippen LogP contribution in [0.3, 0.4) is 0 Å². The first-order valence-electron chi connectivity index (χ1n) is 8.79. The molecule has 0 spiro atoms. The molecule has 24 heavy (non-hydrogen) atoms. The third-order valence-electron chi connectivity index (χ3n) is 5.21. The van der Waals surface area contributed by atoms with Gasteiger partial charge in [-0.05, 0) is 50.7 Å². The van der Waals surface area contributed by atoms with Crippen molar-refractivity contribution in [2.75, 3.05) is 0 Å². The molecule has 0 radical (unpaired) electrons. The second-order valence-corrected chi connectivity index (χ2v) is 9.58. The Balaban J connectivity index is 2.07. The van der Waals surface area contributed by atoms with E-state index in [-0.39, 0.29) is 17.7 Å². The van der Waals surface area contributed by atoms with Crippen LogP contribution in [0.2, 0.25) is 0 Å². The van der Waals surface area contributed by atoms with Gasteiger partial charge in [-0.15, -0.1) is 0 Å². The molecule has 4 nitrogen and oxygen atoms in total. The SMILES string of the molecule is Cc1ccc(C)c(CS(=O)(=O)C(C)C(=O)NC2CCCCC2C)c1. The van der Waals surface area contributed by atoms with Crippen molar-refractivity contribution in [1.82, 2.24) is 5.32 Å². The van der Waals surface area contributed by atoms with E-state index in [0.29, 0.717) is 5.92 Å². The summed E-state index contributed by atoms with van der Waals surface area (Å²) >= 11 is 0. The van der Waals surface area contributed by atoms with Crippen molar-refractivity contribution >= 4 is 15.7 Å². The van der Waals surface area contributed by atoms with Crippen LogP contribution >= 0.6 is 0 Å². The summed E-state index contributed by atoms with van der Waals surface area (Å²) in [5.41, 5.74) is 2.75. The number of rotatable bonds is 5. The van der Waals surface area contributed by atoms with Crippen molar-refractivity contribution < 1.29 is 13.2 Å². The Kier molecular flexibility index (Phi) is 6.07. The zero-order valence-electron chi connectivity index (χ0n) is 15.1. The Morgan fingerprint density at radius 2 is 1.92 bits per heavy atom. The van der Waals surface area contributed by atoms with E-state index in [9.17, 15) is 13.2 Å². The quantitative estimate of drug-likeness (QED) is 0.885. The first kappa shape index (κ1) is 19.0. The summed E-state index contributed by atoms with van der Waals surface area (Å²) < 4.78 is 25.3. The maximum atomic E-state index is 12.7. The van der Waals surface area contributed by atoms with Crippen molar-refractivity contribution in [2.24, 2.45) is 5.92 Å². The van der Waals surface area contributed by atoms with Crippen LogP contribution in [0.15, 0.2) is 18.2 Å². The maximum absolute atomic E-state index is 12.7. The molecule has 3 atom stereocenters. The van der Waals surface area contributed by atoms with Crippen LogP contribution in [-0.4, -0.2) is 25.6 Å². The number of amides is 1. The molecular weight excluding hydrogens is 322 g/mol. The van der Waals surface area contributed by atoms with Crippen molar-refractivity contribution in [3.63, 3.8) is 0 Å². The van der Waals surface area contributed by atoms with Crippen LogP contribution in [0.25, 0.3) is 0 Å². The van der Waals surface area contributed by atoms with Gasteiger partial charge >= 0.3 is 0 Å². The van der Waals surface area contributed by atoms with Gasteiger partial charge in [0.15, 0.2) is 9.84 Å². The third kappa shape index (κ3) is 4.59. The molecule has 1 aromatic carbocycles. The number of benzene rings is 1. The summed E-state index contributed by atoms with van der Waals surface area (Å²) in [6, 6.07) is 5.88. The number of nitrogens with one attached hydrogen (secondary N) is 1. The molecule has 0 heterocycles. The van der Waals surface area contributed by atoms with Gasteiger partial charge in [0.05, 0.1) is 5.75 Å². The molecule has 1 aliphatic rings. The van der Waals surface area contributed by atoms with Crippen LogP contribution in [0.4, 0.5) is 0 Å². The van der Waals surface area contributed by atoms with E-state index >= 15 is 0 Å². The average molecular weight is 352 g/mol. The van der Waals surface area contributed by atoms with Crippen LogP contribution in [-0.2, 0) is 20.4 Å². The van der Waals surface area contributed by atoms with E-state index in [4.69, 9.17) is 0 Å². The van der Waals surface area contributed by atoms with E-state index in [1.54, 1.807) is 0 Å². The Morgan fingerprint density at radius 3 is 2.58 bits per heavy atom. The lowest BCUT2D eigenvalue weighted by molar-refractivity contribution is -0.121. The normalized spacial score (nSPS) is 22.8. The molecule has 1 aromatic rings. The number of carbonyl (C=O) groups excluding carboxylic acids is 1. The van der Waals surface area contributed by atoms with Gasteiger partial charge < -0.3 is 5.32 Å². The number of aryl methyl sites for hydroxylation is 2. The Bertz CT molecular complexity index is 697. The van der Waals surface area contributed by atoms with Crippen LogP contribution < -0.4 is 5.32 Å². The van der Waals surface area contributed by atoms with Gasteiger partial charge in [-0.25, -0.2) is 8.42 Å². The van der Waals surface area contributed by atoms with Crippen molar-refractivity contribution in [2.45, 2.75) is 70.4 Å². The Hall–Kier alpha value is -1.36. The summed E-state index contributed by atoms with van der Waals surface area (Å²) in [6.45, 7) is 7.47. The molecule has 0 saturated heterocycles. The summed E-state index contributed by atoms with van der Waals surface area (Å²) in [5, 5.41) is 1.95. The predicted molar refractivity (Wildman–Crippen MR) is 97.6 cm³/mol. The van der Waals surface area contributed by atoms with Gasteiger partial charge in [0, 0.05) is 6.04 Å². The highest BCUT2D eigenvalue weighted by Crippen LogP contribution is 2.24. The van der Waals surface area contributed by atoms with Crippen molar-refractivity contribution in [3.05, 3.63) is 34.9 Å². The van der Waals surface area contributed by atoms with Gasteiger partial charge in [-0.1, -0.05) is 43.5 Å². The Labute approximate surface area is 146 Å². The minimum absolute atomic E-state index is 0.0880. The van der Waals surface area contributed by atoms with Gasteiger partial charge in [-0.3, -0.25) is 4.79 Å². The Morgan fingerprint density at radius 1 is 1.25 bits per heavy atom. The van der Waals surface area contributed by atoms with E-state index < -0.39 is 15.1 Å². The molecule has 0 bridgehead atoms. The molecule has 1 N–H and O–H groups in total. The smallest absolute Gasteiger partial charge is 0.238 e. The lowest BCUT2D eigenvalue weighted by Gasteiger charge is -2.30. The van der Waals surface area contributed by atoms with Crippen LogP contribution in [0.1, 0.15) is 56.2 Å². The number of sulfone groups is 1. The fourth-order valence-corrected chi connectivity index (χ4v) is 4.68. The second kappa shape index (κ2) is 7.68. The molecule has 134 valence electrons. The highest BCUT2D eigenvalue weighted by atomic mass is 32.2. The largest absolute Gasteiger partial charge is 0.352 e. The minimum atomic E-state index is -3.53. The van der Waals surface area contributed by atoms with Gasteiger partial charge in [0.2, 0.25) is 5.91 Å². The van der Waals surface area contributed by atoms with E-state index in [2.05, 4.69) is 12.2 Å². The lowest BCUT2D eigenvalue weighted by Crippen LogP contribution is -2.47. The number of hydrogen-bond acceptors (Lipinski definition) is 3. The third-order valence-corrected chi connectivity index (χ3v) is 7.21. The monoisotopic (exact) mass is 351 g/mol. The highest BCUT2D eigenvalue weighted by Gasteiger charge is 2.31. The zero-order chi connectivity index (χ0) is 17.9. The molecule has 2 rings (SSSR count). The van der Waals surface area contributed by atoms with E-state index in [0.717, 1.165) is 36.0 Å². The summed E-state index contributed by atoms with van der Waals surface area (Å²) in [6.07, 6.45) is 4.32. The fraction of sp³-hybridized carbons (Fsp3) is 0.632. The number of carbonyl (C=O) groups is 1. The second-order valence-electron chi connectivity index (χ2n) is 7.26. The molecule has 5 heteroatoms. The highest BCUT2D eigenvalue weighted by molar-refractivity contribution is 7.92. The number of hydrogen-bond donors (Lipinski definition) is 1. The van der Waals surface area contributed by atoms with Gasteiger partial charge in [-0.2, -0.15) is 0 Å². The fourth-order valence-electron chi connectivity index (χ4n) is 3.29. The summed E-state index contributed by atoms with van der Waals surface area (Å²) in [7, 11) is -3.53. The van der Waals surface area contributed by atoms with Crippen LogP contribution in [0, 0.1) is 19.8 Å². The topological polar surface area (TPSA) is 63.2 Å². The first-order valence-corrected chi connectivity index (χ1v) is 10.5. The molecule has 3 unspecified atom stereocenters. The van der Waals surface area contributed by atoms with E-state index in [1.165, 1.54) is 13.3 Å². The first-order chi connectivity index (χ1) is 11.2. The molecule has 0 aliphatic heterocycles. The lowest BCUT2D eigenvalue weighted by atomic mass is 9.86. The average Bonchev–Trinajstić information content (AvgIpc) is 2.52. The molecule has 1 amide bonds. The summed E-state index contributed by atoms with van der Waals surface area (Å²) in [5.74, 6) is -0.0364. The molecule has 1 aliphatic carbocycles. The van der Waals surface area contributed by atoms with Crippen molar-refractivity contribution in [3.8, 4) is 0 Å². The van der Waals surface area contributed by atoms with Crippen molar-refractivity contribution in [1.29, 1.82) is 0 Å². The van der Waals surface area contributed by atoms with Crippen LogP contribution in [0.5, 0.6) is 0 Å². The molecular formula is C19H29NO3S. The minimum Gasteiger partial charge on any atom is -0.352 e. The van der Waals surface area contributed by atoms with Gasteiger partial charge in [0.1, 0.15) is 5.25 Å². The molecule has 1 saturated carbocycles.